The molecule has 0 fully saturated rings. The van der Waals surface area contributed by atoms with Crippen molar-refractivity contribution < 1.29 is 0 Å². The molecule has 0 unspecified atom stereocenters. The third-order valence-electron chi connectivity index (χ3n) is 0.986. The predicted molar refractivity (Wildman–Crippen MR) is 42.2 cm³/mol. The van der Waals surface area contributed by atoms with Crippen LogP contribution in [0.5, 0.6) is 0 Å². The summed E-state index contributed by atoms with van der Waals surface area (Å²) in [4.78, 5) is 0. The number of hydrogen-bond donors (Lipinski definition) is 1. The van der Waals surface area contributed by atoms with Crippen LogP contribution in [0.1, 0.15) is 6.92 Å². The Labute approximate surface area is 53.6 Å². The summed E-state index contributed by atoms with van der Waals surface area (Å²) in [5, 5.41) is 3.30. The van der Waals surface area contributed by atoms with Crippen LogP contribution in [0.15, 0.2) is 0 Å². The minimum Gasteiger partial charge on any atom is -0.317 e. The molecule has 0 aromatic rings. The molecule has 2 heteroatoms. The van der Waals surface area contributed by atoms with Crippen molar-refractivity contribution in [1.82, 2.24) is 5.32 Å². The fourth-order valence-electron chi connectivity index (χ4n) is 0.479. The van der Waals surface area contributed by atoms with Gasteiger partial charge in [0.2, 0.25) is 0 Å². The fourth-order valence-corrected chi connectivity index (χ4v) is 1.08. The van der Waals surface area contributed by atoms with E-state index in [4.69, 9.17) is 0 Å². The molecule has 0 rings (SSSR count). The molecule has 50 valence electrons. The van der Waals surface area contributed by atoms with E-state index in [0.717, 1.165) is 6.54 Å². The molecule has 0 heterocycles. The van der Waals surface area contributed by atoms with E-state index in [2.05, 4.69) is 25.6 Å². The van der Waals surface area contributed by atoms with E-state index in [9.17, 15) is 0 Å². The van der Waals surface area contributed by atoms with Gasteiger partial charge in [0.25, 0.3) is 0 Å². The Hall–Kier alpha value is 0.390. The molecule has 0 radical (unpaired) electrons. The molecule has 0 aliphatic heterocycles. The van der Waals surface area contributed by atoms with Gasteiger partial charge in [-0.25, -0.2) is 0 Å². The average Bonchev–Trinajstić information content (AvgIpc) is 1.66. The van der Waals surface area contributed by atoms with E-state index >= 15 is 0 Å². The average molecular weight is 133 g/mol. The highest BCUT2D eigenvalue weighted by atomic mass is 31.1. The first kappa shape index (κ1) is 8.39. The zero-order valence-electron chi connectivity index (χ0n) is 6.07. The summed E-state index contributed by atoms with van der Waals surface area (Å²) in [6.07, 6.45) is 1.36. The van der Waals surface area contributed by atoms with Gasteiger partial charge in [-0.05, 0) is 32.6 Å². The highest BCUT2D eigenvalue weighted by Crippen LogP contribution is 2.21. The molecule has 0 aliphatic rings. The summed E-state index contributed by atoms with van der Waals surface area (Å²) in [5.41, 5.74) is 0. The van der Waals surface area contributed by atoms with E-state index in [1.807, 2.05) is 0 Å². The van der Waals surface area contributed by atoms with Gasteiger partial charge >= 0.3 is 0 Å². The van der Waals surface area contributed by atoms with Crippen LogP contribution in [0.4, 0.5) is 0 Å². The maximum absolute atomic E-state index is 3.30. The normalized spacial score (nSPS) is 10.5. The van der Waals surface area contributed by atoms with Crippen LogP contribution in [0.2, 0.25) is 0 Å². The van der Waals surface area contributed by atoms with Gasteiger partial charge in [-0.3, -0.25) is 0 Å². The summed E-state index contributed by atoms with van der Waals surface area (Å²) in [6, 6.07) is 0. The van der Waals surface area contributed by atoms with Crippen LogP contribution >= 0.6 is 7.92 Å². The van der Waals surface area contributed by atoms with Crippen molar-refractivity contribution in [3.8, 4) is 0 Å². The van der Waals surface area contributed by atoms with Crippen LogP contribution in [0, 0.1) is 0 Å². The van der Waals surface area contributed by atoms with Gasteiger partial charge in [-0.1, -0.05) is 6.92 Å². The Balaban J connectivity index is 2.72. The largest absolute Gasteiger partial charge is 0.317 e. The quantitative estimate of drug-likeness (QED) is 0.450. The Morgan fingerprint density at radius 3 is 2.38 bits per heavy atom. The zero-order chi connectivity index (χ0) is 6.41. The van der Waals surface area contributed by atoms with E-state index in [0.29, 0.717) is 7.92 Å². The van der Waals surface area contributed by atoms with Gasteiger partial charge in [0.15, 0.2) is 0 Å². The lowest BCUT2D eigenvalue weighted by molar-refractivity contribution is 0.766. The van der Waals surface area contributed by atoms with Crippen molar-refractivity contribution in [2.24, 2.45) is 0 Å². The van der Waals surface area contributed by atoms with Gasteiger partial charge < -0.3 is 5.32 Å². The predicted octanol–water partition coefficient (Wildman–Crippen LogP) is 1.34. The topological polar surface area (TPSA) is 12.0 Å². The molecule has 0 aliphatic carbocycles. The first-order valence-corrected chi connectivity index (χ1v) is 5.55. The van der Waals surface area contributed by atoms with Crippen molar-refractivity contribution in [2.75, 3.05) is 32.6 Å². The SMILES string of the molecule is CCNCCP(C)C. The fraction of sp³-hybridized carbons (Fsp3) is 1.00. The molecule has 0 spiro atoms. The van der Waals surface area contributed by atoms with E-state index in [1.54, 1.807) is 0 Å². The summed E-state index contributed by atoms with van der Waals surface area (Å²) in [6.45, 7) is 9.09. The molecule has 0 bridgehead atoms. The smallest absolute Gasteiger partial charge is 0.000980 e. The molecule has 0 amide bonds. The van der Waals surface area contributed by atoms with Crippen molar-refractivity contribution in [3.05, 3.63) is 0 Å². The first-order valence-electron chi connectivity index (χ1n) is 3.12. The molecule has 0 saturated carbocycles. The van der Waals surface area contributed by atoms with Gasteiger partial charge in [0.05, 0.1) is 0 Å². The number of rotatable bonds is 4. The second-order valence-corrected chi connectivity index (χ2v) is 4.76. The van der Waals surface area contributed by atoms with Crippen LogP contribution in [-0.4, -0.2) is 32.6 Å². The molecule has 0 aromatic carbocycles. The Bertz CT molecular complexity index is 45.8. The third-order valence-corrected chi connectivity index (χ3v) is 2.10. The molecule has 1 N–H and O–H groups in total. The molecule has 0 saturated heterocycles. The van der Waals surface area contributed by atoms with Crippen molar-refractivity contribution in [3.63, 3.8) is 0 Å². The first-order chi connectivity index (χ1) is 3.77. The number of nitrogens with one attached hydrogen (secondary N) is 1. The van der Waals surface area contributed by atoms with Crippen molar-refractivity contribution in [1.29, 1.82) is 0 Å². The van der Waals surface area contributed by atoms with Crippen LogP contribution in [0.25, 0.3) is 0 Å². The molecular weight excluding hydrogens is 117 g/mol. The van der Waals surface area contributed by atoms with Crippen LogP contribution in [-0.2, 0) is 0 Å². The van der Waals surface area contributed by atoms with Crippen molar-refractivity contribution >= 4 is 7.92 Å². The summed E-state index contributed by atoms with van der Waals surface area (Å²) < 4.78 is 0. The molecule has 8 heavy (non-hydrogen) atoms. The summed E-state index contributed by atoms with van der Waals surface area (Å²) in [5.74, 6) is 0. The van der Waals surface area contributed by atoms with Crippen molar-refractivity contribution in [2.45, 2.75) is 6.92 Å². The molecule has 1 nitrogen and oxygen atoms in total. The highest BCUT2D eigenvalue weighted by Gasteiger charge is 1.88. The lowest BCUT2D eigenvalue weighted by Crippen LogP contribution is -2.16. The van der Waals surface area contributed by atoms with E-state index in [-0.39, 0.29) is 0 Å². The Morgan fingerprint density at radius 1 is 1.38 bits per heavy atom. The Morgan fingerprint density at radius 2 is 2.00 bits per heavy atom. The van der Waals surface area contributed by atoms with Crippen LogP contribution in [0.3, 0.4) is 0 Å². The van der Waals surface area contributed by atoms with Crippen LogP contribution < -0.4 is 5.32 Å². The maximum Gasteiger partial charge on any atom is -0.000980 e. The molecule has 0 aromatic heterocycles. The zero-order valence-corrected chi connectivity index (χ0v) is 6.96. The number of hydrogen-bond acceptors (Lipinski definition) is 1. The second kappa shape index (κ2) is 5.53. The Kier molecular flexibility index (Phi) is 5.79. The molecular formula is C6H16NP. The minimum atomic E-state index is 0.325. The molecule has 0 atom stereocenters. The third kappa shape index (κ3) is 6.39. The second-order valence-electron chi connectivity index (χ2n) is 2.16. The maximum atomic E-state index is 3.30. The lowest BCUT2D eigenvalue weighted by Gasteiger charge is -2.03. The van der Waals surface area contributed by atoms with Gasteiger partial charge in [0, 0.05) is 0 Å². The standard InChI is InChI=1S/C6H16NP/c1-4-7-5-6-8(2)3/h7H,4-6H2,1-3H3. The van der Waals surface area contributed by atoms with Gasteiger partial charge in [-0.2, -0.15) is 0 Å². The monoisotopic (exact) mass is 133 g/mol. The highest BCUT2D eigenvalue weighted by molar-refractivity contribution is 7.56. The van der Waals surface area contributed by atoms with E-state index < -0.39 is 0 Å². The van der Waals surface area contributed by atoms with E-state index in [1.165, 1.54) is 12.7 Å². The summed E-state index contributed by atoms with van der Waals surface area (Å²) in [7, 11) is 0.325. The minimum absolute atomic E-state index is 0.325. The lowest BCUT2D eigenvalue weighted by atomic mass is 10.7. The van der Waals surface area contributed by atoms with Gasteiger partial charge in [-0.15, -0.1) is 7.92 Å². The summed E-state index contributed by atoms with van der Waals surface area (Å²) >= 11 is 0. The van der Waals surface area contributed by atoms with Gasteiger partial charge in [0.1, 0.15) is 0 Å².